The first-order valence-corrected chi connectivity index (χ1v) is 13.4. The van der Waals surface area contributed by atoms with E-state index in [1.807, 2.05) is 13.8 Å². The number of carbonyl (C=O) groups excluding carboxylic acids is 2. The first-order valence-electron chi connectivity index (χ1n) is 11.6. The Labute approximate surface area is 210 Å². The second kappa shape index (κ2) is 12.2. The van der Waals surface area contributed by atoms with Crippen LogP contribution in [-0.4, -0.2) is 50.0 Å². The summed E-state index contributed by atoms with van der Waals surface area (Å²) in [6.07, 6.45) is -2.95. The molecule has 1 N–H and O–H groups in total. The number of nitrogens with one attached hydrogen (secondary N) is 1. The van der Waals surface area contributed by atoms with Crippen molar-refractivity contribution in [3.8, 4) is 0 Å². The van der Waals surface area contributed by atoms with Crippen LogP contribution in [0.1, 0.15) is 44.7 Å². The minimum atomic E-state index is -4.69. The van der Waals surface area contributed by atoms with Crippen LogP contribution in [0.5, 0.6) is 0 Å². The number of nitrogens with zero attached hydrogens (tertiary/aromatic N) is 2. The number of carbonyl (C=O) groups is 2. The fourth-order valence-electron chi connectivity index (χ4n) is 3.59. The van der Waals surface area contributed by atoms with Crippen molar-refractivity contribution < 1.29 is 31.2 Å². The Balaban J connectivity index is 2.46. The zero-order valence-electron chi connectivity index (χ0n) is 20.7. The van der Waals surface area contributed by atoms with Gasteiger partial charge in [-0.1, -0.05) is 50.2 Å². The molecule has 2 aromatic rings. The summed E-state index contributed by atoms with van der Waals surface area (Å²) in [5.74, 6) is -1.10. The Bertz CT molecular complexity index is 1140. The van der Waals surface area contributed by atoms with Crippen molar-refractivity contribution in [2.45, 2.75) is 58.4 Å². The first-order chi connectivity index (χ1) is 16.8. The molecular weight excluding hydrogens is 495 g/mol. The molecule has 2 amide bonds. The minimum Gasteiger partial charge on any atom is -0.352 e. The van der Waals surface area contributed by atoms with E-state index in [2.05, 4.69) is 5.32 Å². The van der Waals surface area contributed by atoms with Gasteiger partial charge in [-0.3, -0.25) is 13.9 Å². The van der Waals surface area contributed by atoms with Gasteiger partial charge in [-0.05, 0) is 43.5 Å². The van der Waals surface area contributed by atoms with E-state index >= 15 is 0 Å². The van der Waals surface area contributed by atoms with Crippen molar-refractivity contribution in [2.75, 3.05) is 17.1 Å². The van der Waals surface area contributed by atoms with Crippen LogP contribution in [0.25, 0.3) is 0 Å². The molecule has 0 bridgehead atoms. The number of benzene rings is 2. The van der Waals surface area contributed by atoms with E-state index in [9.17, 15) is 31.2 Å². The molecule has 0 spiro atoms. The molecule has 2 rings (SSSR count). The van der Waals surface area contributed by atoms with Gasteiger partial charge in [0.15, 0.2) is 0 Å². The standard InChI is InChI=1S/C25H32F3N3O4S/c1-5-18(3)29-24(33)22(6-2)30(16-19-11-8-7-9-12-19)23(32)17-31(36(4,34)35)21-14-10-13-20(15-21)25(26,27)28/h7-15,18,22H,5-6,16-17H2,1-4H3,(H,29,33). The third kappa shape index (κ3) is 7.97. The number of hydrogen-bond donors (Lipinski definition) is 1. The van der Waals surface area contributed by atoms with Crippen LogP contribution < -0.4 is 9.62 Å². The van der Waals surface area contributed by atoms with Crippen LogP contribution in [0.15, 0.2) is 54.6 Å². The van der Waals surface area contributed by atoms with Gasteiger partial charge in [-0.2, -0.15) is 13.2 Å². The molecule has 0 radical (unpaired) electrons. The third-order valence-corrected chi connectivity index (χ3v) is 6.86. The highest BCUT2D eigenvalue weighted by Gasteiger charge is 2.34. The number of anilines is 1. The van der Waals surface area contributed by atoms with E-state index in [1.54, 1.807) is 37.3 Å². The maximum Gasteiger partial charge on any atom is 0.416 e. The Morgan fingerprint density at radius 2 is 1.64 bits per heavy atom. The van der Waals surface area contributed by atoms with E-state index in [0.29, 0.717) is 22.4 Å². The number of alkyl halides is 3. The van der Waals surface area contributed by atoms with Crippen LogP contribution in [0.4, 0.5) is 18.9 Å². The number of amides is 2. The molecular formula is C25H32F3N3O4S. The van der Waals surface area contributed by atoms with Crippen LogP contribution in [0, 0.1) is 0 Å². The zero-order chi connectivity index (χ0) is 27.1. The highest BCUT2D eigenvalue weighted by atomic mass is 32.2. The second-order valence-corrected chi connectivity index (χ2v) is 10.5. The van der Waals surface area contributed by atoms with Gasteiger partial charge in [0.25, 0.3) is 0 Å². The van der Waals surface area contributed by atoms with Crippen molar-refractivity contribution in [1.29, 1.82) is 0 Å². The molecule has 0 heterocycles. The lowest BCUT2D eigenvalue weighted by atomic mass is 10.1. The minimum absolute atomic E-state index is 0.0201. The Morgan fingerprint density at radius 1 is 1.00 bits per heavy atom. The molecule has 0 fully saturated rings. The number of hydrogen-bond acceptors (Lipinski definition) is 4. The molecule has 0 saturated carbocycles. The lowest BCUT2D eigenvalue weighted by molar-refractivity contribution is -0.140. The third-order valence-electron chi connectivity index (χ3n) is 5.72. The van der Waals surface area contributed by atoms with Gasteiger partial charge in [0.05, 0.1) is 17.5 Å². The van der Waals surface area contributed by atoms with Gasteiger partial charge in [-0.25, -0.2) is 8.42 Å². The molecule has 7 nitrogen and oxygen atoms in total. The van der Waals surface area contributed by atoms with Gasteiger partial charge in [0, 0.05) is 12.6 Å². The molecule has 0 aliphatic heterocycles. The lowest BCUT2D eigenvalue weighted by Gasteiger charge is -2.33. The van der Waals surface area contributed by atoms with Crippen molar-refractivity contribution in [3.05, 3.63) is 65.7 Å². The van der Waals surface area contributed by atoms with Crippen LogP contribution >= 0.6 is 0 Å². The predicted molar refractivity (Wildman–Crippen MR) is 133 cm³/mol. The summed E-state index contributed by atoms with van der Waals surface area (Å²) in [7, 11) is -4.14. The van der Waals surface area contributed by atoms with E-state index in [4.69, 9.17) is 0 Å². The molecule has 11 heteroatoms. The van der Waals surface area contributed by atoms with Gasteiger partial charge < -0.3 is 10.2 Å². The van der Waals surface area contributed by atoms with Gasteiger partial charge in [0.1, 0.15) is 12.6 Å². The largest absolute Gasteiger partial charge is 0.416 e. The first kappa shape index (κ1) is 29.2. The Morgan fingerprint density at radius 3 is 2.17 bits per heavy atom. The SMILES string of the molecule is CCC(C)NC(=O)C(CC)N(Cc1ccccc1)C(=O)CN(c1cccc(C(F)(F)F)c1)S(C)(=O)=O. The number of sulfonamides is 1. The molecule has 0 saturated heterocycles. The number of rotatable bonds is 11. The number of halogens is 3. The fraction of sp³-hybridized carbons (Fsp3) is 0.440. The normalized spacial score (nSPS) is 13.5. The van der Waals surface area contributed by atoms with E-state index < -0.39 is 40.3 Å². The average Bonchev–Trinajstić information content (AvgIpc) is 2.81. The molecule has 0 aliphatic rings. The van der Waals surface area contributed by atoms with Crippen molar-refractivity contribution in [2.24, 2.45) is 0 Å². The molecule has 198 valence electrons. The monoisotopic (exact) mass is 527 g/mol. The van der Waals surface area contributed by atoms with Crippen LogP contribution in [0.3, 0.4) is 0 Å². The van der Waals surface area contributed by atoms with Gasteiger partial charge >= 0.3 is 6.18 Å². The smallest absolute Gasteiger partial charge is 0.352 e. The van der Waals surface area contributed by atoms with E-state index in [-0.39, 0.29) is 30.6 Å². The summed E-state index contributed by atoms with van der Waals surface area (Å²) >= 11 is 0. The second-order valence-electron chi connectivity index (χ2n) is 8.57. The fourth-order valence-corrected chi connectivity index (χ4v) is 4.43. The van der Waals surface area contributed by atoms with Crippen molar-refractivity contribution in [1.82, 2.24) is 10.2 Å². The molecule has 2 aromatic carbocycles. The highest BCUT2D eigenvalue weighted by Crippen LogP contribution is 2.32. The summed E-state index contributed by atoms with van der Waals surface area (Å²) in [5, 5.41) is 2.85. The topological polar surface area (TPSA) is 86.8 Å². The predicted octanol–water partition coefficient (Wildman–Crippen LogP) is 4.19. The summed E-state index contributed by atoms with van der Waals surface area (Å²) in [4.78, 5) is 27.8. The maximum absolute atomic E-state index is 13.5. The summed E-state index contributed by atoms with van der Waals surface area (Å²) < 4.78 is 65.5. The van der Waals surface area contributed by atoms with Gasteiger partial charge in [-0.15, -0.1) is 0 Å². The zero-order valence-corrected chi connectivity index (χ0v) is 21.6. The summed E-state index contributed by atoms with van der Waals surface area (Å²) in [5.41, 5.74) is -0.621. The molecule has 0 aliphatic carbocycles. The molecule has 2 atom stereocenters. The molecule has 2 unspecified atom stereocenters. The van der Waals surface area contributed by atoms with E-state index in [1.165, 1.54) is 11.0 Å². The molecule has 36 heavy (non-hydrogen) atoms. The van der Waals surface area contributed by atoms with Gasteiger partial charge in [0.2, 0.25) is 21.8 Å². The quantitative estimate of drug-likeness (QED) is 0.475. The summed E-state index contributed by atoms with van der Waals surface area (Å²) in [6, 6.07) is 11.6. The highest BCUT2D eigenvalue weighted by molar-refractivity contribution is 7.92. The maximum atomic E-state index is 13.5. The van der Waals surface area contributed by atoms with Crippen molar-refractivity contribution >= 4 is 27.5 Å². The van der Waals surface area contributed by atoms with E-state index in [0.717, 1.165) is 18.4 Å². The average molecular weight is 528 g/mol. The lowest BCUT2D eigenvalue weighted by Crippen LogP contribution is -2.53. The Hall–Kier alpha value is -3.08. The van der Waals surface area contributed by atoms with Crippen LogP contribution in [-0.2, 0) is 32.3 Å². The molecule has 0 aromatic heterocycles. The Kier molecular flexibility index (Phi) is 9.92. The summed E-state index contributed by atoms with van der Waals surface area (Å²) in [6.45, 7) is 4.71. The van der Waals surface area contributed by atoms with Crippen molar-refractivity contribution in [3.63, 3.8) is 0 Å². The van der Waals surface area contributed by atoms with Crippen LogP contribution in [0.2, 0.25) is 0 Å².